The minimum atomic E-state index is -1.09. The zero-order valence-corrected chi connectivity index (χ0v) is 16.5. The minimum Gasteiger partial charge on any atom is -0.480 e. The Balaban J connectivity index is 1.76. The summed E-state index contributed by atoms with van der Waals surface area (Å²) in [7, 11) is 0. The largest absolute Gasteiger partial charge is 0.480 e. The first-order valence-corrected chi connectivity index (χ1v) is 10.1. The highest BCUT2D eigenvalue weighted by molar-refractivity contribution is 7.98. The molecule has 9 heteroatoms. The molecule has 0 saturated carbocycles. The van der Waals surface area contributed by atoms with Crippen molar-refractivity contribution in [3.05, 3.63) is 29.5 Å². The van der Waals surface area contributed by atoms with E-state index >= 15 is 0 Å². The van der Waals surface area contributed by atoms with Crippen LogP contribution in [0.15, 0.2) is 28.2 Å². The van der Waals surface area contributed by atoms with Gasteiger partial charge in [0.05, 0.1) is 10.6 Å². The van der Waals surface area contributed by atoms with Gasteiger partial charge in [-0.05, 0) is 44.4 Å². The van der Waals surface area contributed by atoms with Gasteiger partial charge in [0.15, 0.2) is 0 Å². The number of nitrogens with zero attached hydrogens (tertiary/aromatic N) is 1. The number of rotatable bonds is 8. The molecule has 0 aliphatic carbocycles. The predicted octanol–water partition coefficient (Wildman–Crippen LogP) is 4.00. The molecule has 142 valence electrons. The number of alkyl carbamates (subject to hydrolysis) is 1. The number of thioether (sulfide) groups is 1. The van der Waals surface area contributed by atoms with E-state index in [0.29, 0.717) is 17.4 Å². The standard InChI is InChI=1S/C17H22N2O5S2/c1-17(2,3)24-16(22)19-12(15(20)21)6-8-25-10-11-9-23-14(18-11)13-5-4-7-26-13/h4-5,7,9,12H,6,8,10H2,1-3H3,(H,19,22)(H,20,21). The highest BCUT2D eigenvalue weighted by Crippen LogP contribution is 2.25. The first-order chi connectivity index (χ1) is 12.2. The van der Waals surface area contributed by atoms with Crippen LogP contribution in [0, 0.1) is 0 Å². The number of carboxylic acid groups (broad SMARTS) is 1. The summed E-state index contributed by atoms with van der Waals surface area (Å²) in [6.07, 6.45) is 1.16. The van der Waals surface area contributed by atoms with E-state index in [1.54, 1.807) is 38.4 Å². The molecule has 0 bridgehead atoms. The molecule has 0 aliphatic heterocycles. The van der Waals surface area contributed by atoms with Crippen molar-refractivity contribution in [2.75, 3.05) is 5.75 Å². The van der Waals surface area contributed by atoms with Gasteiger partial charge in [-0.1, -0.05) is 6.07 Å². The Hall–Kier alpha value is -2.00. The second-order valence-corrected chi connectivity index (χ2v) is 8.55. The normalized spacial score (nSPS) is 12.6. The maximum absolute atomic E-state index is 11.7. The summed E-state index contributed by atoms with van der Waals surface area (Å²) in [5, 5.41) is 13.6. The summed E-state index contributed by atoms with van der Waals surface area (Å²) in [6, 6.07) is 2.88. The molecule has 2 aromatic heterocycles. The Morgan fingerprint density at radius 1 is 1.46 bits per heavy atom. The molecule has 26 heavy (non-hydrogen) atoms. The Morgan fingerprint density at radius 2 is 2.23 bits per heavy atom. The lowest BCUT2D eigenvalue weighted by Crippen LogP contribution is -2.43. The molecule has 0 saturated heterocycles. The minimum absolute atomic E-state index is 0.287. The number of aliphatic carboxylic acids is 1. The first kappa shape index (κ1) is 20.3. The van der Waals surface area contributed by atoms with Crippen LogP contribution in [0.2, 0.25) is 0 Å². The van der Waals surface area contributed by atoms with Gasteiger partial charge in [0.1, 0.15) is 17.9 Å². The van der Waals surface area contributed by atoms with Crippen molar-refractivity contribution < 1.29 is 23.8 Å². The van der Waals surface area contributed by atoms with Gasteiger partial charge in [-0.2, -0.15) is 11.8 Å². The van der Waals surface area contributed by atoms with E-state index < -0.39 is 23.7 Å². The Kier molecular flexibility index (Phi) is 7.10. The van der Waals surface area contributed by atoms with E-state index in [4.69, 9.17) is 9.15 Å². The van der Waals surface area contributed by atoms with Crippen molar-refractivity contribution in [3.8, 4) is 10.8 Å². The van der Waals surface area contributed by atoms with E-state index in [1.165, 1.54) is 11.8 Å². The molecule has 7 nitrogen and oxygen atoms in total. The molecular formula is C17H22N2O5S2. The van der Waals surface area contributed by atoms with E-state index in [0.717, 1.165) is 10.6 Å². The lowest BCUT2D eigenvalue weighted by Gasteiger charge is -2.21. The van der Waals surface area contributed by atoms with Crippen LogP contribution in [0.4, 0.5) is 4.79 Å². The van der Waals surface area contributed by atoms with Gasteiger partial charge in [-0.25, -0.2) is 14.6 Å². The molecule has 2 N–H and O–H groups in total. The van der Waals surface area contributed by atoms with Gasteiger partial charge < -0.3 is 19.6 Å². The van der Waals surface area contributed by atoms with Gasteiger partial charge in [0.25, 0.3) is 0 Å². The molecule has 1 atom stereocenters. The second kappa shape index (κ2) is 9.09. The smallest absolute Gasteiger partial charge is 0.408 e. The number of aromatic nitrogens is 1. The van der Waals surface area contributed by atoms with Crippen molar-refractivity contribution in [1.82, 2.24) is 10.3 Å². The molecular weight excluding hydrogens is 376 g/mol. The fourth-order valence-corrected chi connectivity index (χ4v) is 3.52. The number of carboxylic acids is 1. The van der Waals surface area contributed by atoms with Gasteiger partial charge in [-0.3, -0.25) is 0 Å². The molecule has 0 aliphatic rings. The third-order valence-corrected chi connectivity index (χ3v) is 4.96. The Bertz CT molecular complexity index is 722. The molecule has 1 unspecified atom stereocenters. The number of oxazole rings is 1. The summed E-state index contributed by atoms with van der Waals surface area (Å²) < 4.78 is 10.5. The van der Waals surface area contributed by atoms with Crippen LogP contribution in [0.25, 0.3) is 10.8 Å². The second-order valence-electron chi connectivity index (χ2n) is 6.50. The monoisotopic (exact) mass is 398 g/mol. The number of hydrogen-bond donors (Lipinski definition) is 2. The van der Waals surface area contributed by atoms with E-state index in [2.05, 4.69) is 10.3 Å². The highest BCUT2D eigenvalue weighted by Gasteiger charge is 2.23. The van der Waals surface area contributed by atoms with E-state index in [1.807, 2.05) is 17.5 Å². The SMILES string of the molecule is CC(C)(C)OC(=O)NC(CCSCc1coc(-c2cccs2)n1)C(=O)O. The Morgan fingerprint density at radius 3 is 2.85 bits per heavy atom. The van der Waals surface area contributed by atoms with Crippen molar-refractivity contribution in [2.24, 2.45) is 0 Å². The number of nitrogens with one attached hydrogen (secondary N) is 1. The lowest BCUT2D eigenvalue weighted by atomic mass is 10.2. The molecule has 2 heterocycles. The van der Waals surface area contributed by atoms with Crippen LogP contribution in [0.5, 0.6) is 0 Å². The van der Waals surface area contributed by atoms with Crippen molar-refractivity contribution in [1.29, 1.82) is 0 Å². The summed E-state index contributed by atoms with van der Waals surface area (Å²) in [5.41, 5.74) is 0.125. The number of carbonyl (C=O) groups is 2. The third-order valence-electron chi connectivity index (χ3n) is 3.07. The van der Waals surface area contributed by atoms with Gasteiger partial charge in [0, 0.05) is 5.75 Å². The molecule has 2 rings (SSSR count). The van der Waals surface area contributed by atoms with Crippen LogP contribution in [-0.4, -0.2) is 39.5 Å². The summed E-state index contributed by atoms with van der Waals surface area (Å²) in [6.45, 7) is 5.17. The van der Waals surface area contributed by atoms with E-state index in [-0.39, 0.29) is 6.42 Å². The fourth-order valence-electron chi connectivity index (χ4n) is 1.97. The zero-order chi connectivity index (χ0) is 19.2. The molecule has 0 spiro atoms. The first-order valence-electron chi connectivity index (χ1n) is 8.03. The van der Waals surface area contributed by atoms with Crippen LogP contribution in [0.3, 0.4) is 0 Å². The maximum Gasteiger partial charge on any atom is 0.408 e. The topological polar surface area (TPSA) is 102 Å². The van der Waals surface area contributed by atoms with Gasteiger partial charge in [0.2, 0.25) is 5.89 Å². The molecule has 0 aromatic carbocycles. The fraction of sp³-hybridized carbons (Fsp3) is 0.471. The molecule has 0 fully saturated rings. The van der Waals surface area contributed by atoms with Gasteiger partial charge >= 0.3 is 12.1 Å². The molecule has 0 radical (unpaired) electrons. The number of carbonyl (C=O) groups excluding carboxylic acids is 1. The number of thiophene rings is 1. The van der Waals surface area contributed by atoms with Crippen LogP contribution >= 0.6 is 23.1 Å². The number of hydrogen-bond acceptors (Lipinski definition) is 7. The number of amides is 1. The quantitative estimate of drug-likeness (QED) is 0.648. The van der Waals surface area contributed by atoms with Crippen LogP contribution in [0.1, 0.15) is 32.9 Å². The van der Waals surface area contributed by atoms with Crippen molar-refractivity contribution in [2.45, 2.75) is 44.6 Å². The Labute approximate surface area is 160 Å². The maximum atomic E-state index is 11.7. The van der Waals surface area contributed by atoms with Crippen LogP contribution < -0.4 is 5.32 Å². The molecule has 2 aromatic rings. The molecule has 1 amide bonds. The highest BCUT2D eigenvalue weighted by atomic mass is 32.2. The van der Waals surface area contributed by atoms with Crippen molar-refractivity contribution in [3.63, 3.8) is 0 Å². The van der Waals surface area contributed by atoms with E-state index in [9.17, 15) is 14.7 Å². The summed E-state index contributed by atoms with van der Waals surface area (Å²) in [4.78, 5) is 28.4. The predicted molar refractivity (Wildman–Crippen MR) is 101 cm³/mol. The zero-order valence-electron chi connectivity index (χ0n) is 14.9. The lowest BCUT2D eigenvalue weighted by molar-refractivity contribution is -0.139. The van der Waals surface area contributed by atoms with Crippen molar-refractivity contribution >= 4 is 35.2 Å². The van der Waals surface area contributed by atoms with Crippen LogP contribution in [-0.2, 0) is 15.3 Å². The summed E-state index contributed by atoms with van der Waals surface area (Å²) in [5.74, 6) is 0.658. The average Bonchev–Trinajstić information content (AvgIpc) is 3.19. The average molecular weight is 399 g/mol. The summed E-state index contributed by atoms with van der Waals surface area (Å²) >= 11 is 3.08. The van der Waals surface area contributed by atoms with Gasteiger partial charge in [-0.15, -0.1) is 11.3 Å². The third kappa shape index (κ3) is 6.72. The number of ether oxygens (including phenoxy) is 1.